The lowest BCUT2D eigenvalue weighted by Crippen LogP contribution is -2.56. The highest BCUT2D eigenvalue weighted by atomic mass is 35.5. The Bertz CT molecular complexity index is 519. The van der Waals surface area contributed by atoms with Crippen molar-refractivity contribution in [1.29, 1.82) is 0 Å². The molecule has 1 unspecified atom stereocenters. The standard InChI is InChI=1S/C11H9ClN2O2/c12-7-2-1-5-8-9(15)13-6-3-4-11(6,8)16-10(5)14-7/h1-2,6,8H,3-4H2,(H,13,15)/t6-,8+,11?/m0/s1. The molecule has 2 fully saturated rings. The number of rotatable bonds is 0. The largest absolute Gasteiger partial charge is 0.467 e. The van der Waals surface area contributed by atoms with Crippen molar-refractivity contribution in [2.24, 2.45) is 0 Å². The van der Waals surface area contributed by atoms with Gasteiger partial charge in [0.1, 0.15) is 16.7 Å². The van der Waals surface area contributed by atoms with Crippen LogP contribution in [0.5, 0.6) is 5.88 Å². The summed E-state index contributed by atoms with van der Waals surface area (Å²) in [6.45, 7) is 0. The normalized spacial score (nSPS) is 37.9. The maximum Gasteiger partial charge on any atom is 0.232 e. The summed E-state index contributed by atoms with van der Waals surface area (Å²) in [6.07, 6.45) is 1.90. The molecule has 3 atom stereocenters. The minimum atomic E-state index is -0.364. The smallest absolute Gasteiger partial charge is 0.232 e. The van der Waals surface area contributed by atoms with Crippen molar-refractivity contribution in [3.05, 3.63) is 22.8 Å². The Kier molecular flexibility index (Phi) is 1.38. The summed E-state index contributed by atoms with van der Waals surface area (Å²) >= 11 is 5.82. The molecule has 1 spiro atoms. The van der Waals surface area contributed by atoms with Crippen molar-refractivity contribution in [3.8, 4) is 5.88 Å². The zero-order valence-electron chi connectivity index (χ0n) is 8.37. The van der Waals surface area contributed by atoms with E-state index in [4.69, 9.17) is 16.3 Å². The molecule has 1 aliphatic carbocycles. The van der Waals surface area contributed by atoms with Gasteiger partial charge in [0, 0.05) is 5.56 Å². The van der Waals surface area contributed by atoms with E-state index in [1.54, 1.807) is 6.07 Å². The third-order valence-corrected chi connectivity index (χ3v) is 4.14. The van der Waals surface area contributed by atoms with Crippen LogP contribution in [0, 0.1) is 0 Å². The van der Waals surface area contributed by atoms with E-state index in [0.717, 1.165) is 18.4 Å². The number of ether oxygens (including phenoxy) is 1. The fourth-order valence-electron chi connectivity index (χ4n) is 3.09. The summed E-state index contributed by atoms with van der Waals surface area (Å²) < 4.78 is 5.89. The molecule has 4 nitrogen and oxygen atoms in total. The Labute approximate surface area is 97.0 Å². The summed E-state index contributed by atoms with van der Waals surface area (Å²) in [6, 6.07) is 3.71. The van der Waals surface area contributed by atoms with Gasteiger partial charge in [-0.1, -0.05) is 11.6 Å². The average molecular weight is 237 g/mol. The minimum absolute atomic E-state index is 0.0605. The Balaban J connectivity index is 1.91. The van der Waals surface area contributed by atoms with Crippen LogP contribution in [0.4, 0.5) is 0 Å². The van der Waals surface area contributed by atoms with E-state index in [1.165, 1.54) is 0 Å². The highest BCUT2D eigenvalue weighted by Crippen LogP contribution is 2.57. The van der Waals surface area contributed by atoms with E-state index < -0.39 is 0 Å². The molecule has 4 rings (SSSR count). The second kappa shape index (κ2) is 2.51. The fourth-order valence-corrected chi connectivity index (χ4v) is 3.23. The average Bonchev–Trinajstić information content (AvgIpc) is 2.67. The third-order valence-electron chi connectivity index (χ3n) is 3.93. The predicted molar refractivity (Wildman–Crippen MR) is 56.5 cm³/mol. The Morgan fingerprint density at radius 2 is 2.44 bits per heavy atom. The van der Waals surface area contributed by atoms with Crippen LogP contribution < -0.4 is 10.1 Å². The molecule has 1 N–H and O–H groups in total. The molecule has 1 amide bonds. The van der Waals surface area contributed by atoms with Crippen LogP contribution in [0.25, 0.3) is 0 Å². The van der Waals surface area contributed by atoms with Crippen LogP contribution in [0.15, 0.2) is 12.1 Å². The molecule has 1 aromatic heterocycles. The Morgan fingerprint density at radius 1 is 1.56 bits per heavy atom. The molecule has 1 aromatic rings. The summed E-state index contributed by atoms with van der Waals surface area (Å²) in [7, 11) is 0. The monoisotopic (exact) mass is 236 g/mol. The second-order valence-corrected chi connectivity index (χ2v) is 5.01. The molecule has 0 bridgehead atoms. The molecule has 16 heavy (non-hydrogen) atoms. The van der Waals surface area contributed by atoms with Gasteiger partial charge in [0.2, 0.25) is 11.8 Å². The third kappa shape index (κ3) is 0.799. The van der Waals surface area contributed by atoms with Gasteiger partial charge in [0.05, 0.1) is 6.04 Å². The van der Waals surface area contributed by atoms with Gasteiger partial charge in [-0.3, -0.25) is 4.79 Å². The molecular formula is C11H9ClN2O2. The van der Waals surface area contributed by atoms with Crippen molar-refractivity contribution < 1.29 is 9.53 Å². The first-order chi connectivity index (χ1) is 7.71. The molecule has 1 saturated carbocycles. The number of hydrogen-bond acceptors (Lipinski definition) is 3. The van der Waals surface area contributed by atoms with Crippen LogP contribution in [-0.4, -0.2) is 22.5 Å². The molecule has 0 radical (unpaired) electrons. The number of hydrogen-bond donors (Lipinski definition) is 1. The number of carbonyl (C=O) groups is 1. The molecular weight excluding hydrogens is 228 g/mol. The van der Waals surface area contributed by atoms with Crippen LogP contribution in [0.3, 0.4) is 0 Å². The van der Waals surface area contributed by atoms with Crippen molar-refractivity contribution in [1.82, 2.24) is 10.3 Å². The maximum atomic E-state index is 11.9. The van der Waals surface area contributed by atoms with Crippen molar-refractivity contribution in [2.45, 2.75) is 30.4 Å². The summed E-state index contributed by atoms with van der Waals surface area (Å²) in [5.74, 6) is 0.411. The molecule has 3 heterocycles. The summed E-state index contributed by atoms with van der Waals surface area (Å²) in [4.78, 5) is 16.1. The minimum Gasteiger partial charge on any atom is -0.467 e. The van der Waals surface area contributed by atoms with Gasteiger partial charge in [-0.15, -0.1) is 0 Å². The summed E-state index contributed by atoms with van der Waals surface area (Å²) in [5, 5.41) is 3.39. The number of fused-ring (bicyclic) bond motifs is 2. The van der Waals surface area contributed by atoms with Gasteiger partial charge >= 0.3 is 0 Å². The van der Waals surface area contributed by atoms with Gasteiger partial charge in [0.25, 0.3) is 0 Å². The number of carbonyl (C=O) groups excluding carboxylic acids is 1. The second-order valence-electron chi connectivity index (χ2n) is 4.62. The highest BCUT2D eigenvalue weighted by molar-refractivity contribution is 6.29. The zero-order chi connectivity index (χ0) is 10.9. The lowest BCUT2D eigenvalue weighted by atomic mass is 9.69. The molecule has 2 aliphatic heterocycles. The Hall–Kier alpha value is -1.29. The number of nitrogens with zero attached hydrogens (tertiary/aromatic N) is 1. The van der Waals surface area contributed by atoms with E-state index in [9.17, 15) is 4.79 Å². The van der Waals surface area contributed by atoms with Gasteiger partial charge < -0.3 is 10.1 Å². The zero-order valence-corrected chi connectivity index (χ0v) is 9.12. The molecule has 0 aromatic carbocycles. The predicted octanol–water partition coefficient (Wildman–Crippen LogP) is 1.24. The van der Waals surface area contributed by atoms with Gasteiger partial charge in [-0.2, -0.15) is 0 Å². The first kappa shape index (κ1) is 8.82. The fraction of sp³-hybridized carbons (Fsp3) is 0.455. The molecule has 1 saturated heterocycles. The van der Waals surface area contributed by atoms with E-state index in [2.05, 4.69) is 10.3 Å². The van der Waals surface area contributed by atoms with E-state index in [-0.39, 0.29) is 23.5 Å². The lowest BCUT2D eigenvalue weighted by Gasteiger charge is -2.41. The number of halogens is 1. The topological polar surface area (TPSA) is 51.2 Å². The number of pyridine rings is 1. The van der Waals surface area contributed by atoms with Crippen LogP contribution in [0.2, 0.25) is 5.15 Å². The molecule has 3 aliphatic rings. The van der Waals surface area contributed by atoms with E-state index >= 15 is 0 Å². The maximum absolute atomic E-state index is 11.9. The van der Waals surface area contributed by atoms with Crippen molar-refractivity contribution in [2.75, 3.05) is 0 Å². The van der Waals surface area contributed by atoms with Crippen molar-refractivity contribution >= 4 is 17.5 Å². The van der Waals surface area contributed by atoms with Gasteiger partial charge in [-0.05, 0) is 25.0 Å². The van der Waals surface area contributed by atoms with Crippen LogP contribution in [-0.2, 0) is 4.79 Å². The lowest BCUT2D eigenvalue weighted by molar-refractivity contribution is -0.121. The van der Waals surface area contributed by atoms with Gasteiger partial charge in [0.15, 0.2) is 0 Å². The first-order valence-electron chi connectivity index (χ1n) is 5.36. The van der Waals surface area contributed by atoms with E-state index in [1.807, 2.05) is 6.07 Å². The number of nitrogens with one attached hydrogen (secondary N) is 1. The summed E-state index contributed by atoms with van der Waals surface area (Å²) in [5.41, 5.74) is 0.515. The van der Waals surface area contributed by atoms with Gasteiger partial charge in [-0.25, -0.2) is 4.98 Å². The number of amides is 1. The highest BCUT2D eigenvalue weighted by Gasteiger charge is 2.67. The van der Waals surface area contributed by atoms with Crippen LogP contribution in [0.1, 0.15) is 24.3 Å². The van der Waals surface area contributed by atoms with Crippen molar-refractivity contribution in [3.63, 3.8) is 0 Å². The number of aromatic nitrogens is 1. The first-order valence-corrected chi connectivity index (χ1v) is 5.74. The Morgan fingerprint density at radius 3 is 3.19 bits per heavy atom. The SMILES string of the molecule is O=C1N[C@H]2CCC23Oc2nc(Cl)ccc2[C@H]13. The van der Waals surface area contributed by atoms with E-state index in [0.29, 0.717) is 11.0 Å². The molecule has 82 valence electrons. The quantitative estimate of drug-likeness (QED) is 0.690. The van der Waals surface area contributed by atoms with Crippen LogP contribution >= 0.6 is 11.6 Å². The molecule has 5 heteroatoms.